The maximum atomic E-state index is 13.6. The minimum Gasteiger partial charge on any atom is -0.494 e. The van der Waals surface area contributed by atoms with E-state index < -0.39 is 12.2 Å². The summed E-state index contributed by atoms with van der Waals surface area (Å²) in [6, 6.07) is 29.3. The first-order valence-electron chi connectivity index (χ1n) is 13.6. The van der Waals surface area contributed by atoms with Gasteiger partial charge < -0.3 is 19.1 Å². The zero-order chi connectivity index (χ0) is 29.1. The summed E-state index contributed by atoms with van der Waals surface area (Å²) in [4.78, 5) is 17.3. The van der Waals surface area contributed by atoms with Gasteiger partial charge >= 0.3 is 6.09 Å². The van der Waals surface area contributed by atoms with Gasteiger partial charge in [0.1, 0.15) is 17.4 Å². The van der Waals surface area contributed by atoms with Gasteiger partial charge in [0.25, 0.3) is 0 Å². The maximum Gasteiger partial charge on any atom is 0.411 e. The molecular weight excluding hydrogens is 533 g/mol. The van der Waals surface area contributed by atoms with Gasteiger partial charge in [-0.05, 0) is 47.9 Å². The third kappa shape index (κ3) is 5.22. The molecule has 6 aromatic rings. The van der Waals surface area contributed by atoms with E-state index in [1.54, 1.807) is 42.1 Å². The standard InChI is InChI=1S/C34H28FN3O4/c1-2-41-34(40)37-29-26-14-9-19-36-30(26)32(42-31(23-10-5-3-6-11-23)24-12-7-4-8-13-24)28-27(29)21-38(33(28)39)20-22-15-17-25(35)18-16-22/h3-19,21,31,39H,2,20H2,1H3,(H,37,40). The Bertz CT molecular complexity index is 1820. The fourth-order valence-corrected chi connectivity index (χ4v) is 5.14. The number of amides is 1. The highest BCUT2D eigenvalue weighted by Gasteiger charge is 2.27. The summed E-state index contributed by atoms with van der Waals surface area (Å²) in [7, 11) is 0. The molecule has 0 aliphatic heterocycles. The summed E-state index contributed by atoms with van der Waals surface area (Å²) in [6.45, 7) is 2.17. The molecule has 4 aromatic carbocycles. The Morgan fingerprint density at radius 3 is 2.24 bits per heavy atom. The van der Waals surface area contributed by atoms with Crippen molar-refractivity contribution in [3.8, 4) is 11.6 Å². The molecule has 2 N–H and O–H groups in total. The molecule has 7 nitrogen and oxygen atoms in total. The number of carbonyl (C=O) groups is 1. The van der Waals surface area contributed by atoms with Crippen molar-refractivity contribution in [2.45, 2.75) is 19.6 Å². The molecule has 0 aliphatic rings. The van der Waals surface area contributed by atoms with Crippen molar-refractivity contribution in [2.24, 2.45) is 0 Å². The maximum absolute atomic E-state index is 13.6. The van der Waals surface area contributed by atoms with Crippen molar-refractivity contribution in [1.82, 2.24) is 9.55 Å². The third-order valence-electron chi connectivity index (χ3n) is 7.05. The molecule has 0 radical (unpaired) electrons. The van der Waals surface area contributed by atoms with Crippen LogP contribution in [0.25, 0.3) is 21.7 Å². The molecule has 0 unspecified atom stereocenters. The van der Waals surface area contributed by atoms with Gasteiger partial charge in [-0.3, -0.25) is 10.3 Å². The second kappa shape index (κ2) is 11.6. The van der Waals surface area contributed by atoms with E-state index in [2.05, 4.69) is 10.3 Å². The largest absolute Gasteiger partial charge is 0.494 e. The Kier molecular flexibility index (Phi) is 7.43. The van der Waals surface area contributed by atoms with Crippen LogP contribution in [0.1, 0.15) is 29.7 Å². The quantitative estimate of drug-likeness (QED) is 0.198. The fourth-order valence-electron chi connectivity index (χ4n) is 5.14. The van der Waals surface area contributed by atoms with E-state index in [0.29, 0.717) is 33.1 Å². The van der Waals surface area contributed by atoms with E-state index in [1.807, 2.05) is 66.7 Å². The average molecular weight is 562 g/mol. The van der Waals surface area contributed by atoms with Gasteiger partial charge in [-0.15, -0.1) is 0 Å². The summed E-state index contributed by atoms with van der Waals surface area (Å²) in [5.74, 6) is -0.0610. The highest BCUT2D eigenvalue weighted by Crippen LogP contribution is 2.47. The Hall–Kier alpha value is -5.37. The smallest absolute Gasteiger partial charge is 0.411 e. The lowest BCUT2D eigenvalue weighted by atomic mass is 10.0. The molecule has 0 atom stereocenters. The molecule has 2 aromatic heterocycles. The first-order valence-corrected chi connectivity index (χ1v) is 13.6. The predicted octanol–water partition coefficient (Wildman–Crippen LogP) is 7.82. The molecule has 0 bridgehead atoms. The van der Waals surface area contributed by atoms with Crippen LogP contribution in [0.4, 0.5) is 14.9 Å². The van der Waals surface area contributed by atoms with E-state index in [0.717, 1.165) is 16.7 Å². The zero-order valence-electron chi connectivity index (χ0n) is 22.8. The Balaban J connectivity index is 1.59. The van der Waals surface area contributed by atoms with Crippen LogP contribution in [0.15, 0.2) is 109 Å². The monoisotopic (exact) mass is 561 g/mol. The van der Waals surface area contributed by atoms with Crippen LogP contribution in [0.2, 0.25) is 0 Å². The number of ether oxygens (including phenoxy) is 2. The molecule has 6 rings (SSSR count). The number of hydrogen-bond acceptors (Lipinski definition) is 5. The highest BCUT2D eigenvalue weighted by atomic mass is 19.1. The normalized spacial score (nSPS) is 11.2. The first kappa shape index (κ1) is 26.8. The topological polar surface area (TPSA) is 85.6 Å². The average Bonchev–Trinajstić information content (AvgIpc) is 3.34. The molecule has 1 amide bonds. The van der Waals surface area contributed by atoms with Crippen LogP contribution in [-0.4, -0.2) is 27.4 Å². The lowest BCUT2D eigenvalue weighted by Gasteiger charge is -2.22. The number of fused-ring (bicyclic) bond motifs is 2. The number of nitrogens with one attached hydrogen (secondary N) is 1. The lowest BCUT2D eigenvalue weighted by molar-refractivity contribution is 0.168. The summed E-state index contributed by atoms with van der Waals surface area (Å²) >= 11 is 0. The van der Waals surface area contributed by atoms with Crippen molar-refractivity contribution < 1.29 is 23.8 Å². The first-order chi connectivity index (χ1) is 20.5. The number of pyridine rings is 1. The van der Waals surface area contributed by atoms with E-state index in [9.17, 15) is 14.3 Å². The van der Waals surface area contributed by atoms with Crippen molar-refractivity contribution >= 4 is 33.5 Å². The van der Waals surface area contributed by atoms with Crippen molar-refractivity contribution in [3.05, 3.63) is 132 Å². The van der Waals surface area contributed by atoms with Gasteiger partial charge in [0, 0.05) is 23.2 Å². The van der Waals surface area contributed by atoms with E-state index in [1.165, 1.54) is 12.1 Å². The Labute approximate surface area is 241 Å². The molecule has 0 spiro atoms. The third-order valence-corrected chi connectivity index (χ3v) is 7.05. The molecule has 8 heteroatoms. The van der Waals surface area contributed by atoms with Gasteiger partial charge in [-0.2, -0.15) is 0 Å². The molecule has 210 valence electrons. The van der Waals surface area contributed by atoms with Gasteiger partial charge in [0.05, 0.1) is 24.2 Å². The molecule has 42 heavy (non-hydrogen) atoms. The predicted molar refractivity (Wildman–Crippen MR) is 160 cm³/mol. The van der Waals surface area contributed by atoms with Gasteiger partial charge in [0.2, 0.25) is 5.88 Å². The SMILES string of the molecule is CCOC(=O)Nc1c2cccnc2c(OC(c2ccccc2)c2ccccc2)c2c(O)n(Cc3ccc(F)cc3)cc12. The fraction of sp³-hybridized carbons (Fsp3) is 0.118. The van der Waals surface area contributed by atoms with E-state index >= 15 is 0 Å². The molecule has 0 fully saturated rings. The second-order valence-electron chi connectivity index (χ2n) is 9.76. The number of benzene rings is 4. The van der Waals surface area contributed by atoms with E-state index in [-0.39, 0.29) is 24.8 Å². The molecule has 0 saturated carbocycles. The molecular formula is C34H28FN3O4. The summed E-state index contributed by atoms with van der Waals surface area (Å²) < 4.78 is 27.3. The summed E-state index contributed by atoms with van der Waals surface area (Å²) in [6.07, 6.45) is 2.23. The minimum atomic E-state index is -0.630. The highest BCUT2D eigenvalue weighted by molar-refractivity contribution is 6.18. The number of hydrogen-bond donors (Lipinski definition) is 2. The van der Waals surface area contributed by atoms with E-state index in [4.69, 9.17) is 9.47 Å². The van der Waals surface area contributed by atoms with Gasteiger partial charge in [-0.25, -0.2) is 9.18 Å². The van der Waals surface area contributed by atoms with Gasteiger partial charge in [0.15, 0.2) is 5.75 Å². The van der Waals surface area contributed by atoms with Crippen molar-refractivity contribution in [2.75, 3.05) is 11.9 Å². The van der Waals surface area contributed by atoms with Crippen LogP contribution in [-0.2, 0) is 11.3 Å². The number of nitrogens with zero attached hydrogens (tertiary/aromatic N) is 2. The Morgan fingerprint density at radius 2 is 1.60 bits per heavy atom. The Morgan fingerprint density at radius 1 is 0.929 bits per heavy atom. The van der Waals surface area contributed by atoms with Crippen LogP contribution in [0.5, 0.6) is 11.6 Å². The van der Waals surface area contributed by atoms with Crippen LogP contribution in [0.3, 0.4) is 0 Å². The van der Waals surface area contributed by atoms with Crippen molar-refractivity contribution in [1.29, 1.82) is 0 Å². The number of aromatic hydroxyl groups is 1. The zero-order valence-corrected chi connectivity index (χ0v) is 22.8. The number of aromatic nitrogens is 2. The summed E-state index contributed by atoms with van der Waals surface area (Å²) in [5.41, 5.74) is 3.51. The number of carbonyl (C=O) groups excluding carboxylic acids is 1. The lowest BCUT2D eigenvalue weighted by Crippen LogP contribution is -2.14. The summed E-state index contributed by atoms with van der Waals surface area (Å²) in [5, 5.41) is 16.1. The molecule has 0 saturated heterocycles. The second-order valence-corrected chi connectivity index (χ2v) is 9.76. The minimum absolute atomic E-state index is 0.0799. The molecule has 2 heterocycles. The number of halogens is 1. The number of rotatable bonds is 8. The van der Waals surface area contributed by atoms with Crippen molar-refractivity contribution in [3.63, 3.8) is 0 Å². The molecule has 0 aliphatic carbocycles. The number of anilines is 1. The van der Waals surface area contributed by atoms with Crippen LogP contribution >= 0.6 is 0 Å². The van der Waals surface area contributed by atoms with Crippen LogP contribution in [0, 0.1) is 5.82 Å². The van der Waals surface area contributed by atoms with Gasteiger partial charge in [-0.1, -0.05) is 72.8 Å². The van der Waals surface area contributed by atoms with Crippen LogP contribution < -0.4 is 10.1 Å².